The fourth-order valence-corrected chi connectivity index (χ4v) is 2.43. The molecule has 0 saturated carbocycles. The van der Waals surface area contributed by atoms with Crippen LogP contribution in [0.1, 0.15) is 18.4 Å². The van der Waals surface area contributed by atoms with E-state index in [1.54, 1.807) is 4.90 Å². The zero-order valence-corrected chi connectivity index (χ0v) is 11.4. The van der Waals surface area contributed by atoms with E-state index in [0.29, 0.717) is 31.7 Å². The largest absolute Gasteiger partial charge is 0.417 e. The molecule has 0 unspecified atom stereocenters. The lowest BCUT2D eigenvalue weighted by atomic mass is 9.89. The fraction of sp³-hybridized carbons (Fsp3) is 0.583. The van der Waals surface area contributed by atoms with Gasteiger partial charge in [-0.05, 0) is 18.9 Å². The van der Waals surface area contributed by atoms with Crippen LogP contribution in [0.5, 0.6) is 0 Å². The first-order chi connectivity index (χ1) is 9.25. The van der Waals surface area contributed by atoms with Gasteiger partial charge in [0.2, 0.25) is 0 Å². The molecule has 2 rings (SSSR count). The molecule has 1 aliphatic rings. The van der Waals surface area contributed by atoms with Crippen molar-refractivity contribution < 1.29 is 18.3 Å². The number of hydrogen-bond donors (Lipinski definition) is 2. The minimum absolute atomic E-state index is 0.0339. The van der Waals surface area contributed by atoms with E-state index in [9.17, 15) is 18.3 Å². The molecule has 1 fully saturated rings. The maximum absolute atomic E-state index is 12.5. The molecule has 0 amide bonds. The summed E-state index contributed by atoms with van der Waals surface area (Å²) in [5.41, 5.74) is 4.44. The molecule has 20 heavy (non-hydrogen) atoms. The van der Waals surface area contributed by atoms with Crippen molar-refractivity contribution in [3.63, 3.8) is 0 Å². The second-order valence-electron chi connectivity index (χ2n) is 5.03. The number of pyridine rings is 1. The maximum Gasteiger partial charge on any atom is 0.417 e. The van der Waals surface area contributed by atoms with Crippen LogP contribution >= 0.6 is 11.6 Å². The predicted molar refractivity (Wildman–Crippen MR) is 69.7 cm³/mol. The molecule has 1 aliphatic heterocycles. The van der Waals surface area contributed by atoms with Crippen LogP contribution in [-0.2, 0) is 6.18 Å². The Hall–Kier alpha value is -1.05. The minimum Gasteiger partial charge on any atom is -0.394 e. The molecule has 0 atom stereocenters. The number of halogens is 4. The lowest BCUT2D eigenvalue weighted by Crippen LogP contribution is -2.53. The Morgan fingerprint density at radius 3 is 2.45 bits per heavy atom. The van der Waals surface area contributed by atoms with E-state index in [2.05, 4.69) is 4.98 Å². The average Bonchev–Trinajstić information content (AvgIpc) is 2.39. The van der Waals surface area contributed by atoms with Crippen LogP contribution in [0.25, 0.3) is 0 Å². The van der Waals surface area contributed by atoms with E-state index < -0.39 is 17.3 Å². The van der Waals surface area contributed by atoms with Crippen molar-refractivity contribution in [2.24, 2.45) is 5.73 Å². The van der Waals surface area contributed by atoms with Gasteiger partial charge in [-0.3, -0.25) is 0 Å². The van der Waals surface area contributed by atoms with Crippen LogP contribution in [0.4, 0.5) is 19.0 Å². The van der Waals surface area contributed by atoms with Gasteiger partial charge in [0.25, 0.3) is 0 Å². The Balaban J connectivity index is 2.15. The molecular weight excluding hydrogens is 295 g/mol. The van der Waals surface area contributed by atoms with E-state index >= 15 is 0 Å². The first-order valence-electron chi connectivity index (χ1n) is 6.13. The van der Waals surface area contributed by atoms with Gasteiger partial charge >= 0.3 is 6.18 Å². The molecule has 0 radical (unpaired) electrons. The van der Waals surface area contributed by atoms with Gasteiger partial charge in [0, 0.05) is 24.8 Å². The number of anilines is 1. The smallest absolute Gasteiger partial charge is 0.394 e. The number of nitrogens with zero attached hydrogens (tertiary/aromatic N) is 2. The molecule has 0 bridgehead atoms. The van der Waals surface area contributed by atoms with Crippen molar-refractivity contribution in [2.75, 3.05) is 24.6 Å². The van der Waals surface area contributed by atoms with Gasteiger partial charge in [-0.25, -0.2) is 4.98 Å². The summed E-state index contributed by atoms with van der Waals surface area (Å²) in [6, 6.07) is 0.875. The third-order valence-corrected chi connectivity index (χ3v) is 3.80. The summed E-state index contributed by atoms with van der Waals surface area (Å²) >= 11 is 5.89. The molecular formula is C12H15ClF3N3O. The molecule has 112 valence electrons. The van der Waals surface area contributed by atoms with E-state index in [4.69, 9.17) is 17.3 Å². The predicted octanol–water partition coefficient (Wildman–Crippen LogP) is 2.04. The topological polar surface area (TPSA) is 62.4 Å². The standard InChI is InChI=1S/C12H15ClF3N3O/c13-9-5-8(12(14,15)16)6-18-10(9)19-3-1-11(17,7-20)2-4-19/h5-6,20H,1-4,7,17H2. The second kappa shape index (κ2) is 5.38. The third-order valence-electron chi connectivity index (χ3n) is 3.52. The van der Waals surface area contributed by atoms with Crippen LogP contribution < -0.4 is 10.6 Å². The Morgan fingerprint density at radius 2 is 2.00 bits per heavy atom. The highest BCUT2D eigenvalue weighted by Gasteiger charge is 2.34. The van der Waals surface area contributed by atoms with Gasteiger partial charge in [0.15, 0.2) is 0 Å². The van der Waals surface area contributed by atoms with Crippen molar-refractivity contribution in [2.45, 2.75) is 24.6 Å². The molecule has 1 aromatic heterocycles. The number of piperidine rings is 1. The summed E-state index contributed by atoms with van der Waals surface area (Å²) in [7, 11) is 0. The highest BCUT2D eigenvalue weighted by Crippen LogP contribution is 2.34. The Bertz CT molecular complexity index is 487. The van der Waals surface area contributed by atoms with Crippen molar-refractivity contribution >= 4 is 17.4 Å². The summed E-state index contributed by atoms with van der Waals surface area (Å²) in [6.45, 7) is 0.874. The van der Waals surface area contributed by atoms with Gasteiger partial charge in [0.05, 0.1) is 17.2 Å². The molecule has 0 spiro atoms. The number of aromatic nitrogens is 1. The van der Waals surface area contributed by atoms with Crippen LogP contribution in [-0.4, -0.2) is 35.3 Å². The SMILES string of the molecule is NC1(CO)CCN(c2ncc(C(F)(F)F)cc2Cl)CC1. The Morgan fingerprint density at radius 1 is 1.40 bits per heavy atom. The van der Waals surface area contributed by atoms with E-state index in [1.807, 2.05) is 0 Å². The highest BCUT2D eigenvalue weighted by molar-refractivity contribution is 6.33. The van der Waals surface area contributed by atoms with Gasteiger partial charge in [-0.1, -0.05) is 11.6 Å². The third kappa shape index (κ3) is 3.16. The van der Waals surface area contributed by atoms with E-state index in [1.165, 1.54) is 0 Å². The first-order valence-corrected chi connectivity index (χ1v) is 6.50. The van der Waals surface area contributed by atoms with Gasteiger partial charge in [-0.15, -0.1) is 0 Å². The minimum atomic E-state index is -4.46. The van der Waals surface area contributed by atoms with Crippen LogP contribution in [0.15, 0.2) is 12.3 Å². The Kier molecular flexibility index (Phi) is 4.13. The first kappa shape index (κ1) is 15.3. The summed E-state index contributed by atoms with van der Waals surface area (Å²) in [5.74, 6) is 0.319. The van der Waals surface area contributed by atoms with Crippen molar-refractivity contribution in [1.82, 2.24) is 4.98 Å². The van der Waals surface area contributed by atoms with E-state index in [0.717, 1.165) is 12.3 Å². The molecule has 1 saturated heterocycles. The number of hydrogen-bond acceptors (Lipinski definition) is 4. The zero-order valence-electron chi connectivity index (χ0n) is 10.6. The number of alkyl halides is 3. The van der Waals surface area contributed by atoms with E-state index in [-0.39, 0.29) is 11.6 Å². The summed E-state index contributed by atoms with van der Waals surface area (Å²) in [5, 5.41) is 9.14. The molecule has 4 nitrogen and oxygen atoms in total. The lowest BCUT2D eigenvalue weighted by molar-refractivity contribution is -0.137. The number of rotatable bonds is 2. The molecule has 0 aromatic carbocycles. The van der Waals surface area contributed by atoms with Crippen molar-refractivity contribution in [3.05, 3.63) is 22.8 Å². The monoisotopic (exact) mass is 309 g/mol. The summed E-state index contributed by atoms with van der Waals surface area (Å²) in [6.07, 6.45) is -2.62. The molecule has 2 heterocycles. The quantitative estimate of drug-likeness (QED) is 0.877. The maximum atomic E-state index is 12.5. The molecule has 3 N–H and O–H groups in total. The average molecular weight is 310 g/mol. The van der Waals surface area contributed by atoms with Gasteiger partial charge in [-0.2, -0.15) is 13.2 Å². The van der Waals surface area contributed by atoms with Crippen LogP contribution in [0.3, 0.4) is 0 Å². The normalized spacial score (nSPS) is 19.2. The van der Waals surface area contributed by atoms with Crippen LogP contribution in [0.2, 0.25) is 5.02 Å². The highest BCUT2D eigenvalue weighted by atomic mass is 35.5. The number of nitrogens with two attached hydrogens (primary N) is 1. The Labute approximate surface area is 119 Å². The van der Waals surface area contributed by atoms with Crippen molar-refractivity contribution in [1.29, 1.82) is 0 Å². The lowest BCUT2D eigenvalue weighted by Gasteiger charge is -2.38. The molecule has 0 aliphatic carbocycles. The fourth-order valence-electron chi connectivity index (χ4n) is 2.14. The van der Waals surface area contributed by atoms with Crippen molar-refractivity contribution in [3.8, 4) is 0 Å². The summed E-state index contributed by atoms with van der Waals surface area (Å²) < 4.78 is 37.6. The van der Waals surface area contributed by atoms with Gasteiger partial charge in [0.1, 0.15) is 5.82 Å². The van der Waals surface area contributed by atoms with Crippen LogP contribution in [0, 0.1) is 0 Å². The molecule has 8 heteroatoms. The second-order valence-corrected chi connectivity index (χ2v) is 5.44. The molecule has 1 aromatic rings. The van der Waals surface area contributed by atoms with Gasteiger partial charge < -0.3 is 15.7 Å². The number of aliphatic hydroxyl groups excluding tert-OH is 1. The summed E-state index contributed by atoms with van der Waals surface area (Å²) in [4.78, 5) is 5.59. The zero-order chi connectivity index (χ0) is 15.0. The number of aliphatic hydroxyl groups is 1.